The fourth-order valence-corrected chi connectivity index (χ4v) is 5.31. The highest BCUT2D eigenvalue weighted by Gasteiger charge is 2.35. The molecule has 31 heavy (non-hydrogen) atoms. The molecule has 1 aromatic carbocycles. The number of thiophene rings is 1. The molecular weight excluding hydrogens is 432 g/mol. The molecule has 1 aliphatic heterocycles. The molecule has 0 spiro atoms. The van der Waals surface area contributed by atoms with E-state index in [0.29, 0.717) is 18.2 Å². The van der Waals surface area contributed by atoms with Crippen molar-refractivity contribution in [3.63, 3.8) is 0 Å². The van der Waals surface area contributed by atoms with Gasteiger partial charge in [0.05, 0.1) is 12.5 Å². The van der Waals surface area contributed by atoms with Gasteiger partial charge < -0.3 is 15.0 Å². The minimum Gasteiger partial charge on any atom is -0.376 e. The average Bonchev–Trinajstić information content (AvgIpc) is 3.53. The molecule has 2 fully saturated rings. The van der Waals surface area contributed by atoms with Crippen molar-refractivity contribution in [2.45, 2.75) is 63.1 Å². The van der Waals surface area contributed by atoms with Gasteiger partial charge in [-0.3, -0.25) is 9.59 Å². The van der Waals surface area contributed by atoms with Gasteiger partial charge in [-0.1, -0.05) is 42.6 Å². The first-order valence-corrected chi connectivity index (χ1v) is 12.3. The summed E-state index contributed by atoms with van der Waals surface area (Å²) in [6, 6.07) is 10.6. The molecule has 2 aliphatic rings. The van der Waals surface area contributed by atoms with Crippen LogP contribution in [0.5, 0.6) is 0 Å². The number of ether oxygens (including phenoxy) is 1. The van der Waals surface area contributed by atoms with E-state index in [9.17, 15) is 9.59 Å². The second kappa shape index (κ2) is 10.6. The SMILES string of the molecule is O=C(NC1CCCC1)C(c1ccc(Cl)cc1)N(CC1CCCO1)C(=O)Cc1cccs1. The van der Waals surface area contributed by atoms with Crippen molar-refractivity contribution in [2.24, 2.45) is 0 Å². The molecule has 166 valence electrons. The van der Waals surface area contributed by atoms with Crippen molar-refractivity contribution in [3.8, 4) is 0 Å². The van der Waals surface area contributed by atoms with Crippen molar-refractivity contribution in [2.75, 3.05) is 13.2 Å². The normalized spacial score (nSPS) is 20.0. The summed E-state index contributed by atoms with van der Waals surface area (Å²) in [7, 11) is 0. The summed E-state index contributed by atoms with van der Waals surface area (Å²) in [5, 5.41) is 5.78. The fourth-order valence-electron chi connectivity index (χ4n) is 4.49. The van der Waals surface area contributed by atoms with E-state index in [0.717, 1.165) is 49.0 Å². The maximum absolute atomic E-state index is 13.5. The van der Waals surface area contributed by atoms with Crippen LogP contribution in [0.4, 0.5) is 0 Å². The molecule has 2 amide bonds. The molecule has 0 radical (unpaired) electrons. The minimum atomic E-state index is -0.700. The standard InChI is InChI=1S/C24H29ClN2O3S/c25-18-11-9-17(10-12-18)23(24(29)26-19-5-1-2-6-19)27(16-20-7-3-13-30-20)22(28)15-21-8-4-14-31-21/h4,8-12,14,19-20,23H,1-3,5-7,13,15-16H2,(H,26,29). The van der Waals surface area contributed by atoms with E-state index in [2.05, 4.69) is 5.32 Å². The van der Waals surface area contributed by atoms with E-state index in [4.69, 9.17) is 16.3 Å². The van der Waals surface area contributed by atoms with Gasteiger partial charge in [-0.2, -0.15) is 0 Å². The zero-order valence-electron chi connectivity index (χ0n) is 17.6. The highest BCUT2D eigenvalue weighted by molar-refractivity contribution is 7.10. The van der Waals surface area contributed by atoms with Crippen molar-refractivity contribution >= 4 is 34.8 Å². The van der Waals surface area contributed by atoms with Crippen LogP contribution >= 0.6 is 22.9 Å². The number of carbonyl (C=O) groups excluding carboxylic acids is 2. The summed E-state index contributed by atoms with van der Waals surface area (Å²) in [5.74, 6) is -0.175. The highest BCUT2D eigenvalue weighted by atomic mass is 35.5. The lowest BCUT2D eigenvalue weighted by atomic mass is 10.0. The minimum absolute atomic E-state index is 0.0404. The van der Waals surface area contributed by atoms with Gasteiger partial charge in [-0.25, -0.2) is 0 Å². The zero-order chi connectivity index (χ0) is 21.6. The Balaban J connectivity index is 1.63. The van der Waals surface area contributed by atoms with Crippen LogP contribution in [0, 0.1) is 0 Å². The average molecular weight is 461 g/mol. The molecule has 7 heteroatoms. The molecule has 1 saturated heterocycles. The third-order valence-electron chi connectivity index (χ3n) is 6.10. The van der Waals surface area contributed by atoms with E-state index in [1.54, 1.807) is 28.4 Å². The molecule has 4 rings (SSSR count). The topological polar surface area (TPSA) is 58.6 Å². The third kappa shape index (κ3) is 5.88. The van der Waals surface area contributed by atoms with Crippen molar-refractivity contribution < 1.29 is 14.3 Å². The van der Waals surface area contributed by atoms with Crippen molar-refractivity contribution in [1.82, 2.24) is 10.2 Å². The number of benzene rings is 1. The number of hydrogen-bond acceptors (Lipinski definition) is 4. The molecular formula is C24H29ClN2O3S. The Morgan fingerprint density at radius 3 is 2.55 bits per heavy atom. The molecule has 1 saturated carbocycles. The highest BCUT2D eigenvalue weighted by Crippen LogP contribution is 2.28. The van der Waals surface area contributed by atoms with Crippen LogP contribution < -0.4 is 5.32 Å². The van der Waals surface area contributed by atoms with E-state index < -0.39 is 6.04 Å². The second-order valence-electron chi connectivity index (χ2n) is 8.38. The van der Waals surface area contributed by atoms with Gasteiger partial charge in [0.2, 0.25) is 11.8 Å². The second-order valence-corrected chi connectivity index (χ2v) is 9.85. The van der Waals surface area contributed by atoms with E-state index in [1.165, 1.54) is 0 Å². The number of amides is 2. The first-order chi connectivity index (χ1) is 15.1. The molecule has 1 aliphatic carbocycles. The number of rotatable bonds is 8. The third-order valence-corrected chi connectivity index (χ3v) is 7.23. The van der Waals surface area contributed by atoms with Gasteiger partial charge in [-0.15, -0.1) is 11.3 Å². The Kier molecular flexibility index (Phi) is 7.64. The van der Waals surface area contributed by atoms with E-state index in [-0.39, 0.29) is 30.4 Å². The summed E-state index contributed by atoms with van der Waals surface area (Å²) in [4.78, 5) is 29.7. The predicted molar refractivity (Wildman–Crippen MR) is 123 cm³/mol. The summed E-state index contributed by atoms with van der Waals surface area (Å²) < 4.78 is 5.84. The quantitative estimate of drug-likeness (QED) is 0.618. The largest absolute Gasteiger partial charge is 0.376 e. The first kappa shape index (κ1) is 22.3. The van der Waals surface area contributed by atoms with Crippen LogP contribution in [0.1, 0.15) is 55.0 Å². The van der Waals surface area contributed by atoms with Gasteiger partial charge >= 0.3 is 0 Å². The Bertz CT molecular complexity index is 859. The van der Waals surface area contributed by atoms with Gasteiger partial charge in [0, 0.05) is 29.1 Å². The van der Waals surface area contributed by atoms with Crippen LogP contribution in [-0.4, -0.2) is 42.0 Å². The summed E-state index contributed by atoms with van der Waals surface area (Å²) in [6.45, 7) is 1.12. The van der Waals surface area contributed by atoms with E-state index in [1.807, 2.05) is 29.6 Å². The lowest BCUT2D eigenvalue weighted by Gasteiger charge is -2.34. The molecule has 0 bridgehead atoms. The number of hydrogen-bond donors (Lipinski definition) is 1. The Labute approximate surface area is 192 Å². The Morgan fingerprint density at radius 2 is 1.90 bits per heavy atom. The molecule has 1 aromatic heterocycles. The predicted octanol–water partition coefficient (Wildman–Crippen LogP) is 4.75. The molecule has 5 nitrogen and oxygen atoms in total. The number of carbonyl (C=O) groups is 2. The smallest absolute Gasteiger partial charge is 0.247 e. The molecule has 2 unspecified atom stereocenters. The van der Waals surface area contributed by atoms with Crippen LogP contribution in [0.2, 0.25) is 5.02 Å². The maximum atomic E-state index is 13.5. The van der Waals surface area contributed by atoms with Crippen LogP contribution in [-0.2, 0) is 20.7 Å². The number of nitrogens with one attached hydrogen (secondary N) is 1. The van der Waals surface area contributed by atoms with Gasteiger partial charge in [0.1, 0.15) is 6.04 Å². The van der Waals surface area contributed by atoms with E-state index >= 15 is 0 Å². The summed E-state index contributed by atoms with van der Waals surface area (Å²) in [6.07, 6.45) is 6.38. The lowest BCUT2D eigenvalue weighted by molar-refractivity contribution is -0.142. The van der Waals surface area contributed by atoms with Crippen molar-refractivity contribution in [3.05, 3.63) is 57.2 Å². The van der Waals surface area contributed by atoms with Crippen LogP contribution in [0.25, 0.3) is 0 Å². The molecule has 2 heterocycles. The molecule has 2 aromatic rings. The Morgan fingerprint density at radius 1 is 1.13 bits per heavy atom. The summed E-state index contributed by atoms with van der Waals surface area (Å²) >= 11 is 7.67. The number of halogens is 1. The van der Waals surface area contributed by atoms with Gasteiger partial charge in [-0.05, 0) is 54.8 Å². The van der Waals surface area contributed by atoms with Crippen molar-refractivity contribution in [1.29, 1.82) is 0 Å². The van der Waals surface area contributed by atoms with Gasteiger partial charge in [0.25, 0.3) is 0 Å². The lowest BCUT2D eigenvalue weighted by Crippen LogP contribution is -2.48. The number of nitrogens with zero attached hydrogens (tertiary/aromatic N) is 1. The molecule has 2 atom stereocenters. The molecule has 1 N–H and O–H groups in total. The van der Waals surface area contributed by atoms with Crippen LogP contribution in [0.15, 0.2) is 41.8 Å². The van der Waals surface area contributed by atoms with Gasteiger partial charge in [0.15, 0.2) is 0 Å². The zero-order valence-corrected chi connectivity index (χ0v) is 19.2. The monoisotopic (exact) mass is 460 g/mol. The fraction of sp³-hybridized carbons (Fsp3) is 0.500. The maximum Gasteiger partial charge on any atom is 0.247 e. The summed E-state index contributed by atoms with van der Waals surface area (Å²) in [5.41, 5.74) is 0.775. The first-order valence-electron chi connectivity index (χ1n) is 11.1. The Hall–Kier alpha value is -1.89. The van der Waals surface area contributed by atoms with Crippen LogP contribution in [0.3, 0.4) is 0 Å².